The minimum atomic E-state index is -1.02. The van der Waals surface area contributed by atoms with Crippen LogP contribution in [0.25, 0.3) is 0 Å². The number of hydrogen-bond acceptors (Lipinski definition) is 2. The summed E-state index contributed by atoms with van der Waals surface area (Å²) in [6, 6.07) is 1.27. The molecule has 1 aliphatic carbocycles. The van der Waals surface area contributed by atoms with Gasteiger partial charge in [-0.05, 0) is 26.9 Å². The summed E-state index contributed by atoms with van der Waals surface area (Å²) in [6.45, 7) is 0.131. The Labute approximate surface area is 109 Å². The fraction of sp³-hybridized carbons (Fsp3) is 0.462. The van der Waals surface area contributed by atoms with Gasteiger partial charge in [0.05, 0.1) is 12.1 Å². The summed E-state index contributed by atoms with van der Waals surface area (Å²) in [5.41, 5.74) is -1.27. The predicted octanol–water partition coefficient (Wildman–Crippen LogP) is 1.77. The van der Waals surface area contributed by atoms with Crippen molar-refractivity contribution in [1.82, 2.24) is 10.2 Å². The van der Waals surface area contributed by atoms with Crippen LogP contribution < -0.4 is 5.32 Å². The van der Waals surface area contributed by atoms with Crippen molar-refractivity contribution in [1.29, 1.82) is 0 Å². The molecule has 0 radical (unpaired) electrons. The average Bonchev–Trinajstić information content (AvgIpc) is 2.94. The highest BCUT2D eigenvalue weighted by molar-refractivity contribution is 5.79. The fourth-order valence-electron chi connectivity index (χ4n) is 2.16. The molecule has 0 spiro atoms. The number of likely N-dealkylation sites (N-methyl/N-ethyl adjacent to an activating group) is 1. The fourth-order valence-corrected chi connectivity index (χ4v) is 2.16. The third kappa shape index (κ3) is 2.89. The Balaban J connectivity index is 2.24. The van der Waals surface area contributed by atoms with E-state index in [0.29, 0.717) is 25.0 Å². The molecule has 1 saturated carbocycles. The van der Waals surface area contributed by atoms with Crippen molar-refractivity contribution in [2.75, 3.05) is 20.6 Å². The van der Waals surface area contributed by atoms with Gasteiger partial charge in [-0.15, -0.1) is 0 Å². The quantitative estimate of drug-likeness (QED) is 0.906. The molecule has 0 atom stereocenters. The topological polar surface area (TPSA) is 32.3 Å². The first kappa shape index (κ1) is 13.9. The lowest BCUT2D eigenvalue weighted by atomic mass is 10.0. The van der Waals surface area contributed by atoms with Gasteiger partial charge < -0.3 is 10.2 Å². The zero-order chi connectivity index (χ0) is 14.2. The third-order valence-electron chi connectivity index (χ3n) is 3.07. The van der Waals surface area contributed by atoms with Crippen LogP contribution in [-0.4, -0.2) is 31.4 Å². The normalized spacial score (nSPS) is 16.5. The van der Waals surface area contributed by atoms with Gasteiger partial charge in [0, 0.05) is 17.7 Å². The van der Waals surface area contributed by atoms with E-state index in [1.54, 1.807) is 19.0 Å². The van der Waals surface area contributed by atoms with Gasteiger partial charge in [0.25, 0.3) is 0 Å². The van der Waals surface area contributed by atoms with Gasteiger partial charge >= 0.3 is 0 Å². The van der Waals surface area contributed by atoms with Crippen LogP contribution >= 0.6 is 0 Å². The lowest BCUT2D eigenvalue weighted by Crippen LogP contribution is -2.41. The van der Waals surface area contributed by atoms with E-state index in [-0.39, 0.29) is 18.0 Å². The van der Waals surface area contributed by atoms with Crippen LogP contribution in [0.5, 0.6) is 0 Å². The van der Waals surface area contributed by atoms with Crippen LogP contribution in [0.2, 0.25) is 0 Å². The molecule has 1 aromatic carbocycles. The van der Waals surface area contributed by atoms with Crippen LogP contribution in [0.3, 0.4) is 0 Å². The van der Waals surface area contributed by atoms with Crippen molar-refractivity contribution in [3.05, 3.63) is 35.1 Å². The number of nitrogens with one attached hydrogen (secondary N) is 1. The molecule has 1 aromatic rings. The van der Waals surface area contributed by atoms with E-state index in [2.05, 4.69) is 5.32 Å². The van der Waals surface area contributed by atoms with Crippen molar-refractivity contribution in [3.8, 4) is 0 Å². The summed E-state index contributed by atoms with van der Waals surface area (Å²) in [4.78, 5) is 13.4. The van der Waals surface area contributed by atoms with Gasteiger partial charge in [0.2, 0.25) is 5.91 Å². The van der Waals surface area contributed by atoms with Gasteiger partial charge in [-0.1, -0.05) is 0 Å². The second kappa shape index (κ2) is 4.85. The van der Waals surface area contributed by atoms with E-state index in [1.807, 2.05) is 0 Å². The SMILES string of the molecule is CN(C)CC(=O)NC1(c2c(F)cc(F)cc2F)CC1. The molecule has 19 heavy (non-hydrogen) atoms. The Morgan fingerprint density at radius 1 is 1.26 bits per heavy atom. The number of carbonyl (C=O) groups excluding carboxylic acids is 1. The van der Waals surface area contributed by atoms with Gasteiger partial charge in [0.15, 0.2) is 0 Å². The average molecular weight is 272 g/mol. The molecule has 0 aliphatic heterocycles. The van der Waals surface area contributed by atoms with Crippen LogP contribution in [0, 0.1) is 17.5 Å². The summed E-state index contributed by atoms with van der Waals surface area (Å²) in [6.07, 6.45) is 0.900. The number of halogens is 3. The lowest BCUT2D eigenvalue weighted by Gasteiger charge is -2.20. The number of hydrogen-bond donors (Lipinski definition) is 1. The molecule has 2 rings (SSSR count). The molecule has 0 aromatic heterocycles. The van der Waals surface area contributed by atoms with Gasteiger partial charge in [-0.25, -0.2) is 13.2 Å². The zero-order valence-electron chi connectivity index (χ0n) is 10.8. The largest absolute Gasteiger partial charge is 0.345 e. The first-order valence-electron chi connectivity index (χ1n) is 5.95. The molecule has 0 heterocycles. The molecule has 0 bridgehead atoms. The number of amides is 1. The molecule has 3 nitrogen and oxygen atoms in total. The number of nitrogens with zero attached hydrogens (tertiary/aromatic N) is 1. The molecule has 6 heteroatoms. The molecule has 1 aliphatic rings. The van der Waals surface area contributed by atoms with Crippen molar-refractivity contribution in [2.24, 2.45) is 0 Å². The van der Waals surface area contributed by atoms with E-state index in [0.717, 1.165) is 0 Å². The monoisotopic (exact) mass is 272 g/mol. The Bertz CT molecular complexity index is 490. The summed E-state index contributed by atoms with van der Waals surface area (Å²) in [5, 5.41) is 2.63. The molecular formula is C13H15F3N2O. The standard InChI is InChI=1S/C13H15F3N2O/c1-18(2)7-11(19)17-13(3-4-13)12-9(15)5-8(14)6-10(12)16/h5-6H,3-4,7H2,1-2H3,(H,17,19). The Kier molecular flexibility index (Phi) is 3.54. The van der Waals surface area contributed by atoms with Crippen LogP contribution in [0.15, 0.2) is 12.1 Å². The highest BCUT2D eigenvalue weighted by Gasteiger charge is 2.49. The van der Waals surface area contributed by atoms with Crippen LogP contribution in [-0.2, 0) is 10.3 Å². The van der Waals surface area contributed by atoms with E-state index in [4.69, 9.17) is 0 Å². The molecule has 0 unspecified atom stereocenters. The third-order valence-corrected chi connectivity index (χ3v) is 3.07. The minimum Gasteiger partial charge on any atom is -0.345 e. The van der Waals surface area contributed by atoms with Crippen molar-refractivity contribution < 1.29 is 18.0 Å². The van der Waals surface area contributed by atoms with Crippen LogP contribution in [0.1, 0.15) is 18.4 Å². The zero-order valence-corrected chi connectivity index (χ0v) is 10.8. The highest BCUT2D eigenvalue weighted by atomic mass is 19.1. The second-order valence-corrected chi connectivity index (χ2v) is 5.11. The molecule has 0 saturated heterocycles. The lowest BCUT2D eigenvalue weighted by molar-refractivity contribution is -0.122. The minimum absolute atomic E-state index is 0.131. The smallest absolute Gasteiger partial charge is 0.234 e. The summed E-state index contributed by atoms with van der Waals surface area (Å²) in [7, 11) is 3.44. The van der Waals surface area contributed by atoms with Gasteiger partial charge in [-0.3, -0.25) is 4.79 Å². The van der Waals surface area contributed by atoms with E-state index in [9.17, 15) is 18.0 Å². The number of rotatable bonds is 4. The molecule has 1 N–H and O–H groups in total. The van der Waals surface area contributed by atoms with Crippen molar-refractivity contribution in [2.45, 2.75) is 18.4 Å². The molecule has 1 fully saturated rings. The summed E-state index contributed by atoms with van der Waals surface area (Å²) < 4.78 is 40.3. The van der Waals surface area contributed by atoms with Crippen molar-refractivity contribution >= 4 is 5.91 Å². The Morgan fingerprint density at radius 2 is 1.79 bits per heavy atom. The molecule has 104 valence electrons. The van der Waals surface area contributed by atoms with E-state index in [1.165, 1.54) is 0 Å². The van der Waals surface area contributed by atoms with Gasteiger partial charge in [0.1, 0.15) is 17.5 Å². The van der Waals surface area contributed by atoms with Crippen LogP contribution in [0.4, 0.5) is 13.2 Å². The first-order chi connectivity index (χ1) is 8.84. The maximum absolute atomic E-state index is 13.7. The molecular weight excluding hydrogens is 257 g/mol. The van der Waals surface area contributed by atoms with Crippen molar-refractivity contribution in [3.63, 3.8) is 0 Å². The molecule has 1 amide bonds. The highest BCUT2D eigenvalue weighted by Crippen LogP contribution is 2.47. The first-order valence-corrected chi connectivity index (χ1v) is 5.95. The number of carbonyl (C=O) groups is 1. The Morgan fingerprint density at radius 3 is 2.21 bits per heavy atom. The summed E-state index contributed by atoms with van der Waals surface area (Å²) in [5.74, 6) is -3.19. The van der Waals surface area contributed by atoms with E-state index < -0.39 is 23.0 Å². The van der Waals surface area contributed by atoms with Gasteiger partial charge in [-0.2, -0.15) is 0 Å². The predicted molar refractivity (Wildman–Crippen MR) is 63.9 cm³/mol. The second-order valence-electron chi connectivity index (χ2n) is 5.11. The maximum atomic E-state index is 13.7. The number of benzene rings is 1. The summed E-state index contributed by atoms with van der Waals surface area (Å²) >= 11 is 0. The Hall–Kier alpha value is -1.56. The van der Waals surface area contributed by atoms with E-state index >= 15 is 0 Å². The maximum Gasteiger partial charge on any atom is 0.234 e.